The van der Waals surface area contributed by atoms with Gasteiger partial charge in [-0.05, 0) is 39.7 Å². The molecule has 10 nitrogen and oxygen atoms in total. The normalized spacial score (nSPS) is 17.9. The third kappa shape index (κ3) is 5.96. The van der Waals surface area contributed by atoms with Crippen molar-refractivity contribution >= 4 is 46.7 Å². The van der Waals surface area contributed by atoms with E-state index in [1.54, 1.807) is 32.3 Å². The van der Waals surface area contributed by atoms with Crippen LogP contribution >= 0.6 is 22.9 Å². The topological polar surface area (TPSA) is 130 Å². The van der Waals surface area contributed by atoms with E-state index >= 15 is 0 Å². The number of aliphatic carboxylic acids is 1. The highest BCUT2D eigenvalue weighted by Gasteiger charge is 2.38. The number of hydrogen-bond acceptors (Lipinski definition) is 10. The second-order valence-electron chi connectivity index (χ2n) is 10.6. The molecule has 0 bridgehead atoms. The number of anilines is 1. The number of aromatic nitrogens is 3. The van der Waals surface area contributed by atoms with Crippen LogP contribution in [0.4, 0.5) is 14.7 Å². The van der Waals surface area contributed by atoms with Crippen LogP contribution in [0.15, 0.2) is 52.4 Å². The summed E-state index contributed by atoms with van der Waals surface area (Å²) in [5.74, 6) is -3.26. The Balaban J connectivity index is 1.49. The number of benzene rings is 1. The number of thiazole rings is 1. The molecule has 1 unspecified atom stereocenters. The molecule has 1 saturated heterocycles. The number of nitrogens with zero attached hydrogens (tertiary/aromatic N) is 5. The van der Waals surface area contributed by atoms with Crippen LogP contribution in [-0.4, -0.2) is 57.5 Å². The largest absolute Gasteiger partial charge is 0.481 e. The lowest BCUT2D eigenvalue weighted by Gasteiger charge is -2.36. The van der Waals surface area contributed by atoms with Crippen LogP contribution in [-0.2, 0) is 19.7 Å². The molecule has 1 aromatic carbocycles. The number of piperidine rings is 1. The summed E-state index contributed by atoms with van der Waals surface area (Å²) in [5.41, 5.74) is 0.225. The molecule has 43 heavy (non-hydrogen) atoms. The Morgan fingerprint density at radius 3 is 2.49 bits per heavy atom. The van der Waals surface area contributed by atoms with E-state index in [1.807, 2.05) is 4.90 Å². The van der Waals surface area contributed by atoms with Crippen molar-refractivity contribution in [2.45, 2.75) is 45.1 Å². The minimum absolute atomic E-state index is 0.0986. The van der Waals surface area contributed by atoms with Gasteiger partial charge in [-0.2, -0.15) is 0 Å². The fraction of sp³-hybridized carbons (Fsp3) is 0.379. The van der Waals surface area contributed by atoms with E-state index in [1.165, 1.54) is 29.8 Å². The average Bonchev–Trinajstić information content (AvgIpc) is 3.55. The third-order valence-electron chi connectivity index (χ3n) is 7.65. The van der Waals surface area contributed by atoms with Crippen LogP contribution in [0.25, 0.3) is 0 Å². The number of allylic oxidation sites excluding steroid dienone is 1. The lowest BCUT2D eigenvalue weighted by molar-refractivity contribution is -0.142. The number of amidine groups is 1. The van der Waals surface area contributed by atoms with E-state index in [9.17, 15) is 23.5 Å². The van der Waals surface area contributed by atoms with Gasteiger partial charge in [0.25, 0.3) is 0 Å². The predicted octanol–water partition coefficient (Wildman–Crippen LogP) is 5.05. The first-order valence-corrected chi connectivity index (χ1v) is 14.9. The van der Waals surface area contributed by atoms with Gasteiger partial charge >= 0.3 is 11.9 Å². The zero-order valence-corrected chi connectivity index (χ0v) is 25.2. The maximum absolute atomic E-state index is 14.6. The molecule has 4 heterocycles. The quantitative estimate of drug-likeness (QED) is 0.259. The first-order chi connectivity index (χ1) is 20.5. The van der Waals surface area contributed by atoms with E-state index in [0.29, 0.717) is 54.0 Å². The van der Waals surface area contributed by atoms with Crippen molar-refractivity contribution in [3.05, 3.63) is 80.2 Å². The number of hydrogen-bond donors (Lipinski definition) is 2. The van der Waals surface area contributed by atoms with Crippen LogP contribution in [0.2, 0.25) is 5.02 Å². The summed E-state index contributed by atoms with van der Waals surface area (Å²) in [6.07, 6.45) is 5.84. The molecule has 2 aromatic heterocycles. The standard InChI is InChI=1S/C29H29ClF2N6O4S/c1-4-42-26(39)19-22(15-7-10-38(11-8-15)28-34-13-16(14-35-28)29(2,3)27(40)41)36-24(25-33-9-12-43-25)37-23(19)17-5-6-18(31)21(32)20(17)30/h5-6,9,12-15,23H,4,7-8,10-11H2,1-3H3,(H,36,37)(H,40,41). The van der Waals surface area contributed by atoms with Gasteiger partial charge in [-0.15, -0.1) is 11.3 Å². The summed E-state index contributed by atoms with van der Waals surface area (Å²) in [4.78, 5) is 45.0. The van der Waals surface area contributed by atoms with Gasteiger partial charge in [0.15, 0.2) is 22.5 Å². The second kappa shape index (κ2) is 12.3. The number of carboxylic acids is 1. The number of carbonyl (C=O) groups excluding carboxylic acids is 1. The Morgan fingerprint density at radius 1 is 1.19 bits per heavy atom. The number of rotatable bonds is 8. The summed E-state index contributed by atoms with van der Waals surface area (Å²) in [6, 6.07) is 1.22. The molecule has 2 N–H and O–H groups in total. The Hall–Kier alpha value is -3.97. The Bertz CT molecular complexity index is 1590. The predicted molar refractivity (Wildman–Crippen MR) is 157 cm³/mol. The summed E-state index contributed by atoms with van der Waals surface area (Å²) in [5, 5.41) is 14.7. The third-order valence-corrected chi connectivity index (χ3v) is 8.81. The van der Waals surface area contributed by atoms with Crippen molar-refractivity contribution in [1.82, 2.24) is 20.3 Å². The van der Waals surface area contributed by atoms with Crippen molar-refractivity contribution in [3.8, 4) is 0 Å². The highest BCUT2D eigenvalue weighted by molar-refractivity contribution is 7.11. The molecule has 2 aliphatic rings. The lowest BCUT2D eigenvalue weighted by Crippen LogP contribution is -2.42. The maximum Gasteiger partial charge on any atom is 0.338 e. The molecule has 14 heteroatoms. The van der Waals surface area contributed by atoms with Gasteiger partial charge in [0.2, 0.25) is 5.95 Å². The second-order valence-corrected chi connectivity index (χ2v) is 11.9. The Kier molecular flexibility index (Phi) is 8.74. The summed E-state index contributed by atoms with van der Waals surface area (Å²) in [6.45, 7) is 6.04. The summed E-state index contributed by atoms with van der Waals surface area (Å²) >= 11 is 7.62. The number of nitrogens with one attached hydrogen (secondary N) is 1. The maximum atomic E-state index is 14.6. The lowest BCUT2D eigenvalue weighted by atomic mass is 9.85. The molecule has 0 aliphatic carbocycles. The van der Waals surface area contributed by atoms with Gasteiger partial charge in [0.1, 0.15) is 6.04 Å². The molecule has 3 aromatic rings. The summed E-state index contributed by atoms with van der Waals surface area (Å²) in [7, 11) is 0. The number of ether oxygens (including phenoxy) is 1. The zero-order valence-electron chi connectivity index (χ0n) is 23.6. The first-order valence-electron chi connectivity index (χ1n) is 13.6. The van der Waals surface area contributed by atoms with Crippen molar-refractivity contribution in [1.29, 1.82) is 0 Å². The molecule has 226 valence electrons. The van der Waals surface area contributed by atoms with E-state index in [4.69, 9.17) is 21.3 Å². The molecule has 0 saturated carbocycles. The highest BCUT2D eigenvalue weighted by atomic mass is 35.5. The van der Waals surface area contributed by atoms with Gasteiger partial charge in [-0.1, -0.05) is 17.7 Å². The van der Waals surface area contributed by atoms with Crippen LogP contribution in [0.5, 0.6) is 0 Å². The van der Waals surface area contributed by atoms with Gasteiger partial charge < -0.3 is 20.1 Å². The molecule has 0 radical (unpaired) electrons. The number of carbonyl (C=O) groups is 2. The molecule has 2 aliphatic heterocycles. The molecular formula is C29H29ClF2N6O4S. The molecule has 1 fully saturated rings. The van der Waals surface area contributed by atoms with Crippen molar-refractivity contribution in [3.63, 3.8) is 0 Å². The number of carboxylic acid groups (broad SMARTS) is 1. The van der Waals surface area contributed by atoms with Gasteiger partial charge in [0.05, 0.1) is 22.6 Å². The Morgan fingerprint density at radius 2 is 1.88 bits per heavy atom. The van der Waals surface area contributed by atoms with Crippen LogP contribution in [0.1, 0.15) is 55.8 Å². The van der Waals surface area contributed by atoms with Crippen LogP contribution < -0.4 is 10.2 Å². The SMILES string of the molecule is CCOC(=O)C1=C(C2CCN(c3ncc(C(C)(C)C(=O)O)cn3)CC2)NC(c2nccs2)=NC1c1ccc(F)c(F)c1Cl. The van der Waals surface area contributed by atoms with Crippen molar-refractivity contribution < 1.29 is 28.2 Å². The average molecular weight is 631 g/mol. The number of esters is 1. The minimum atomic E-state index is -1.22. The fourth-order valence-corrected chi connectivity index (χ4v) is 5.89. The molecule has 5 rings (SSSR count). The van der Waals surface area contributed by atoms with E-state index < -0.39 is 40.1 Å². The molecular weight excluding hydrogens is 602 g/mol. The van der Waals surface area contributed by atoms with Crippen LogP contribution in [0, 0.1) is 17.6 Å². The van der Waals surface area contributed by atoms with Crippen molar-refractivity contribution in [2.75, 3.05) is 24.6 Å². The van der Waals surface area contributed by atoms with Gasteiger partial charge in [-0.25, -0.2) is 28.5 Å². The molecule has 0 amide bonds. The van der Waals surface area contributed by atoms with Crippen LogP contribution in [0.3, 0.4) is 0 Å². The molecule has 1 atom stereocenters. The van der Waals surface area contributed by atoms with Crippen molar-refractivity contribution in [2.24, 2.45) is 10.9 Å². The van der Waals surface area contributed by atoms with Gasteiger partial charge in [0, 0.05) is 59.8 Å². The first kappa shape index (κ1) is 30.5. The monoisotopic (exact) mass is 630 g/mol. The van der Waals surface area contributed by atoms with E-state index in [-0.39, 0.29) is 23.7 Å². The zero-order chi connectivity index (χ0) is 30.9. The van der Waals surface area contributed by atoms with E-state index in [2.05, 4.69) is 20.3 Å². The van der Waals surface area contributed by atoms with Gasteiger partial charge in [-0.3, -0.25) is 9.79 Å². The number of halogens is 3. The summed E-state index contributed by atoms with van der Waals surface area (Å²) < 4.78 is 34.0. The smallest absolute Gasteiger partial charge is 0.338 e. The Labute approximate surface area is 255 Å². The minimum Gasteiger partial charge on any atom is -0.481 e. The number of aliphatic imine (C=N–C) groups is 1. The fourth-order valence-electron chi connectivity index (χ4n) is 5.05. The molecule has 0 spiro atoms. The van der Waals surface area contributed by atoms with E-state index in [0.717, 1.165) is 6.07 Å². The highest BCUT2D eigenvalue weighted by Crippen LogP contribution is 2.41.